The Morgan fingerprint density at radius 1 is 1.67 bits per heavy atom. The molecular formula is C5H6O. The highest BCUT2D eigenvalue weighted by atomic mass is 16.2. The van der Waals surface area contributed by atoms with Crippen LogP contribution in [0.2, 0.25) is 0 Å². The first-order valence-electron chi connectivity index (χ1n) is 1.71. The fraction of sp³-hybridized carbons (Fsp3) is 0.400. The lowest BCUT2D eigenvalue weighted by Crippen LogP contribution is -1.73. The second-order valence-electron chi connectivity index (χ2n) is 0.795. The summed E-state index contributed by atoms with van der Waals surface area (Å²) in [5.74, 6) is 4.63. The zero-order valence-electron chi connectivity index (χ0n) is 3.44. The van der Waals surface area contributed by atoms with Gasteiger partial charge in [0.25, 0.3) is 0 Å². The summed E-state index contributed by atoms with van der Waals surface area (Å²) in [5.41, 5.74) is 0. The Kier molecular flexibility index (Phi) is 4.16. The molecule has 0 atom stereocenters. The van der Waals surface area contributed by atoms with Crippen LogP contribution in [0.5, 0.6) is 0 Å². The van der Waals surface area contributed by atoms with Crippen molar-refractivity contribution in [3.8, 4) is 11.8 Å². The zero-order chi connectivity index (χ0) is 4.83. The lowest BCUT2D eigenvalue weighted by atomic mass is 10.5. The van der Waals surface area contributed by atoms with Crippen LogP contribution >= 0.6 is 0 Å². The zero-order valence-corrected chi connectivity index (χ0v) is 3.44. The molecule has 2 radical (unpaired) electrons. The molecule has 0 aromatic rings. The fourth-order valence-corrected chi connectivity index (χ4v) is 0.128. The van der Waals surface area contributed by atoms with E-state index < -0.39 is 0 Å². The minimum Gasteiger partial charge on any atom is -0.395 e. The van der Waals surface area contributed by atoms with Gasteiger partial charge in [0.15, 0.2) is 0 Å². The van der Waals surface area contributed by atoms with E-state index in [1.165, 1.54) is 0 Å². The van der Waals surface area contributed by atoms with Crippen LogP contribution in [0.25, 0.3) is 0 Å². The third kappa shape index (κ3) is 3.52. The normalized spacial score (nSPS) is 6.33. The Morgan fingerprint density at radius 3 is 2.50 bits per heavy atom. The van der Waals surface area contributed by atoms with Gasteiger partial charge >= 0.3 is 0 Å². The molecule has 0 aliphatic heterocycles. The molecule has 0 fully saturated rings. The highest BCUT2D eigenvalue weighted by molar-refractivity contribution is 5.00. The summed E-state index contributed by atoms with van der Waals surface area (Å²) in [6, 6.07) is 0. The van der Waals surface area contributed by atoms with Gasteiger partial charge in [-0.05, 0) is 0 Å². The lowest BCUT2D eigenvalue weighted by molar-refractivity contribution is 0.305. The minimum atomic E-state index is 0.101. The lowest BCUT2D eigenvalue weighted by Gasteiger charge is -1.72. The van der Waals surface area contributed by atoms with E-state index in [0.717, 1.165) is 0 Å². The molecule has 32 valence electrons. The Hall–Kier alpha value is -0.480. The van der Waals surface area contributed by atoms with Gasteiger partial charge in [0, 0.05) is 6.42 Å². The van der Waals surface area contributed by atoms with Crippen LogP contribution in [-0.4, -0.2) is 11.7 Å². The molecule has 0 spiro atoms. The van der Waals surface area contributed by atoms with E-state index in [9.17, 15) is 0 Å². The maximum atomic E-state index is 8.04. The molecular weight excluding hydrogens is 76.1 g/mol. The van der Waals surface area contributed by atoms with Gasteiger partial charge in [-0.15, -0.1) is 5.92 Å². The summed E-state index contributed by atoms with van der Waals surface area (Å²) in [6.07, 6.45) is 0.483. The van der Waals surface area contributed by atoms with Gasteiger partial charge in [0.1, 0.15) is 0 Å². The van der Waals surface area contributed by atoms with Crippen LogP contribution in [0.4, 0.5) is 0 Å². The van der Waals surface area contributed by atoms with Crippen molar-refractivity contribution in [1.82, 2.24) is 0 Å². The molecule has 0 saturated heterocycles. The van der Waals surface area contributed by atoms with Gasteiger partial charge in [0.05, 0.1) is 13.5 Å². The monoisotopic (exact) mass is 82.0 g/mol. The van der Waals surface area contributed by atoms with Gasteiger partial charge in [0.2, 0.25) is 0 Å². The summed E-state index contributed by atoms with van der Waals surface area (Å²) in [6.45, 7) is 4.84. The van der Waals surface area contributed by atoms with E-state index in [-0.39, 0.29) is 6.61 Å². The Morgan fingerprint density at radius 2 is 2.33 bits per heavy atom. The minimum absolute atomic E-state index is 0.101. The van der Waals surface area contributed by atoms with Gasteiger partial charge in [-0.1, -0.05) is 5.92 Å². The smallest absolute Gasteiger partial charge is 0.0540 e. The molecule has 1 N–H and O–H groups in total. The molecule has 0 aliphatic carbocycles. The van der Waals surface area contributed by atoms with Crippen LogP contribution in [-0.2, 0) is 0 Å². The third-order valence-electron chi connectivity index (χ3n) is 0.339. The van der Waals surface area contributed by atoms with Crippen LogP contribution < -0.4 is 0 Å². The predicted molar refractivity (Wildman–Crippen MR) is 23.8 cm³/mol. The maximum absolute atomic E-state index is 8.04. The summed E-state index contributed by atoms with van der Waals surface area (Å²) < 4.78 is 0. The fourth-order valence-electron chi connectivity index (χ4n) is 0.128. The summed E-state index contributed by atoms with van der Waals surface area (Å²) in [5, 5.41) is 8.04. The summed E-state index contributed by atoms with van der Waals surface area (Å²) in [7, 11) is 0. The first kappa shape index (κ1) is 5.52. The van der Waals surface area contributed by atoms with Gasteiger partial charge in [-0.25, -0.2) is 0 Å². The van der Waals surface area contributed by atoms with Crippen molar-refractivity contribution in [3.05, 3.63) is 6.92 Å². The average molecular weight is 82.1 g/mol. The molecule has 0 bridgehead atoms. The first-order chi connectivity index (χ1) is 2.91. The topological polar surface area (TPSA) is 20.2 Å². The number of rotatable bonds is 1. The molecule has 1 nitrogen and oxygen atoms in total. The van der Waals surface area contributed by atoms with Crippen molar-refractivity contribution in [2.24, 2.45) is 0 Å². The number of aliphatic hydroxyl groups is 1. The molecule has 0 amide bonds. The van der Waals surface area contributed by atoms with Crippen molar-refractivity contribution >= 4 is 0 Å². The van der Waals surface area contributed by atoms with E-state index in [4.69, 9.17) is 12.0 Å². The Labute approximate surface area is 38.0 Å². The third-order valence-corrected chi connectivity index (χ3v) is 0.339. The quantitative estimate of drug-likeness (QED) is 0.444. The van der Waals surface area contributed by atoms with E-state index in [0.29, 0.717) is 6.42 Å². The second-order valence-corrected chi connectivity index (χ2v) is 0.795. The Balaban J connectivity index is 2.79. The van der Waals surface area contributed by atoms with E-state index >= 15 is 0 Å². The van der Waals surface area contributed by atoms with Gasteiger partial charge in [-0.2, -0.15) is 0 Å². The van der Waals surface area contributed by atoms with Crippen LogP contribution in [0.15, 0.2) is 0 Å². The van der Waals surface area contributed by atoms with Crippen molar-refractivity contribution in [2.75, 3.05) is 6.61 Å². The van der Waals surface area contributed by atoms with Crippen LogP contribution in [0, 0.1) is 18.8 Å². The van der Waals surface area contributed by atoms with Crippen molar-refractivity contribution in [1.29, 1.82) is 0 Å². The van der Waals surface area contributed by atoms with Crippen LogP contribution in [0.1, 0.15) is 6.42 Å². The van der Waals surface area contributed by atoms with Crippen molar-refractivity contribution in [3.63, 3.8) is 0 Å². The molecule has 0 saturated carbocycles. The number of hydrogen-bond donors (Lipinski definition) is 1. The average Bonchev–Trinajstić information content (AvgIpc) is 1.61. The molecule has 1 heteroatoms. The van der Waals surface area contributed by atoms with Crippen LogP contribution in [0.3, 0.4) is 0 Å². The standard InChI is InChI=1S/C5H6O/c1-2-3-4-5-6/h1,6H,4-5H2. The molecule has 0 heterocycles. The summed E-state index contributed by atoms with van der Waals surface area (Å²) in [4.78, 5) is 0. The molecule has 0 rings (SSSR count). The van der Waals surface area contributed by atoms with E-state index in [1.807, 2.05) is 0 Å². The largest absolute Gasteiger partial charge is 0.395 e. The first-order valence-corrected chi connectivity index (χ1v) is 1.71. The number of aliphatic hydroxyl groups excluding tert-OH is 1. The predicted octanol–water partition coefficient (Wildman–Crippen LogP) is 0.0833. The molecule has 6 heavy (non-hydrogen) atoms. The highest BCUT2D eigenvalue weighted by Gasteiger charge is 1.64. The molecule has 0 aliphatic rings. The number of hydrogen-bond acceptors (Lipinski definition) is 1. The second kappa shape index (κ2) is 4.52. The molecule has 0 aromatic carbocycles. The van der Waals surface area contributed by atoms with E-state index in [1.54, 1.807) is 0 Å². The van der Waals surface area contributed by atoms with Crippen molar-refractivity contribution < 1.29 is 5.11 Å². The SMILES string of the molecule is [CH]C#CCCO. The highest BCUT2D eigenvalue weighted by Crippen LogP contribution is 1.65. The Bertz CT molecular complexity index is 65.7. The molecule has 0 aromatic heterocycles. The van der Waals surface area contributed by atoms with Gasteiger partial charge < -0.3 is 5.11 Å². The van der Waals surface area contributed by atoms with Crippen molar-refractivity contribution in [2.45, 2.75) is 6.42 Å². The molecule has 0 unspecified atom stereocenters. The van der Waals surface area contributed by atoms with E-state index in [2.05, 4.69) is 11.8 Å². The summed E-state index contributed by atoms with van der Waals surface area (Å²) >= 11 is 0. The van der Waals surface area contributed by atoms with Gasteiger partial charge in [-0.3, -0.25) is 0 Å². The maximum Gasteiger partial charge on any atom is 0.0540 e.